The van der Waals surface area contributed by atoms with Crippen LogP contribution in [0, 0.1) is 0 Å². The van der Waals surface area contributed by atoms with Gasteiger partial charge >= 0.3 is 0 Å². The Morgan fingerprint density at radius 3 is 2.28 bits per heavy atom. The SMILES string of the molecule is COc1cc(C(C)(C)F)cc(CC(C)=O)c1OC. The van der Waals surface area contributed by atoms with E-state index in [0.717, 1.165) is 0 Å². The Balaban J connectivity index is 3.40. The normalized spacial score (nSPS) is 11.2. The minimum absolute atomic E-state index is 0.0100. The van der Waals surface area contributed by atoms with E-state index in [4.69, 9.17) is 9.47 Å². The van der Waals surface area contributed by atoms with Gasteiger partial charge < -0.3 is 9.47 Å². The molecule has 0 amide bonds. The van der Waals surface area contributed by atoms with Crippen LogP contribution < -0.4 is 9.47 Å². The minimum Gasteiger partial charge on any atom is -0.493 e. The van der Waals surface area contributed by atoms with E-state index in [2.05, 4.69) is 0 Å². The third kappa shape index (κ3) is 3.22. The third-order valence-corrected chi connectivity index (χ3v) is 2.68. The van der Waals surface area contributed by atoms with Crippen LogP contribution >= 0.6 is 0 Å². The van der Waals surface area contributed by atoms with Crippen molar-refractivity contribution in [2.75, 3.05) is 14.2 Å². The molecule has 1 rings (SSSR count). The van der Waals surface area contributed by atoms with Crippen molar-refractivity contribution in [3.05, 3.63) is 23.3 Å². The summed E-state index contributed by atoms with van der Waals surface area (Å²) in [4.78, 5) is 11.3. The molecule has 0 spiro atoms. The minimum atomic E-state index is -1.49. The molecule has 0 aliphatic rings. The van der Waals surface area contributed by atoms with E-state index < -0.39 is 5.67 Å². The highest BCUT2D eigenvalue weighted by molar-refractivity contribution is 5.79. The first-order valence-electron chi connectivity index (χ1n) is 5.73. The molecule has 0 aromatic heterocycles. The molecule has 3 nitrogen and oxygen atoms in total. The number of ether oxygens (including phenoxy) is 2. The Kier molecular flexibility index (Phi) is 4.33. The van der Waals surface area contributed by atoms with Crippen LogP contribution in [0.3, 0.4) is 0 Å². The highest BCUT2D eigenvalue weighted by atomic mass is 19.1. The van der Waals surface area contributed by atoms with Crippen molar-refractivity contribution < 1.29 is 18.7 Å². The maximum Gasteiger partial charge on any atom is 0.164 e. The van der Waals surface area contributed by atoms with Crippen LogP contribution in [0.1, 0.15) is 31.9 Å². The second kappa shape index (κ2) is 5.38. The van der Waals surface area contributed by atoms with Crippen LogP contribution in [0.15, 0.2) is 12.1 Å². The first kappa shape index (κ1) is 14.5. The van der Waals surface area contributed by atoms with E-state index in [1.54, 1.807) is 12.1 Å². The lowest BCUT2D eigenvalue weighted by atomic mass is 9.95. The number of ketones is 1. The first-order chi connectivity index (χ1) is 8.29. The summed E-state index contributed by atoms with van der Waals surface area (Å²) in [6.45, 7) is 4.41. The highest BCUT2D eigenvalue weighted by Crippen LogP contribution is 2.37. The van der Waals surface area contributed by atoms with Crippen molar-refractivity contribution in [1.29, 1.82) is 0 Å². The fraction of sp³-hybridized carbons (Fsp3) is 0.500. The number of carbonyl (C=O) groups excluding carboxylic acids is 1. The summed E-state index contributed by atoms with van der Waals surface area (Å²) >= 11 is 0. The van der Waals surface area contributed by atoms with Gasteiger partial charge in [-0.25, -0.2) is 4.39 Å². The van der Waals surface area contributed by atoms with Crippen LogP contribution in [0.25, 0.3) is 0 Å². The number of benzene rings is 1. The van der Waals surface area contributed by atoms with Gasteiger partial charge in [-0.3, -0.25) is 4.79 Å². The predicted octanol–water partition coefficient (Wildman–Crippen LogP) is 3.04. The van der Waals surface area contributed by atoms with Crippen molar-refractivity contribution in [3.8, 4) is 11.5 Å². The summed E-state index contributed by atoms with van der Waals surface area (Å²) in [5.74, 6) is 0.918. The summed E-state index contributed by atoms with van der Waals surface area (Å²) in [5, 5.41) is 0. The molecule has 0 heterocycles. The monoisotopic (exact) mass is 254 g/mol. The van der Waals surface area contributed by atoms with Gasteiger partial charge in [0.1, 0.15) is 11.5 Å². The third-order valence-electron chi connectivity index (χ3n) is 2.68. The van der Waals surface area contributed by atoms with Gasteiger partial charge in [-0.1, -0.05) is 0 Å². The average molecular weight is 254 g/mol. The molecule has 0 saturated heterocycles. The van der Waals surface area contributed by atoms with Gasteiger partial charge in [0.25, 0.3) is 0 Å². The number of hydrogen-bond acceptors (Lipinski definition) is 3. The topological polar surface area (TPSA) is 35.5 Å². The summed E-state index contributed by atoms with van der Waals surface area (Å²) in [5.41, 5.74) is -0.382. The lowest BCUT2D eigenvalue weighted by molar-refractivity contribution is -0.116. The largest absolute Gasteiger partial charge is 0.493 e. The molecular weight excluding hydrogens is 235 g/mol. The molecule has 0 atom stereocenters. The Morgan fingerprint density at radius 1 is 1.28 bits per heavy atom. The number of methoxy groups -OCH3 is 2. The van der Waals surface area contributed by atoms with Crippen molar-refractivity contribution in [1.82, 2.24) is 0 Å². The summed E-state index contributed by atoms with van der Waals surface area (Å²) in [6, 6.07) is 3.26. The van der Waals surface area contributed by atoms with E-state index in [9.17, 15) is 9.18 Å². The number of Topliss-reactive ketones (excluding diaryl/α,β-unsaturated/α-hetero) is 1. The van der Waals surface area contributed by atoms with Crippen LogP contribution in [-0.4, -0.2) is 20.0 Å². The molecule has 1 aromatic carbocycles. The Morgan fingerprint density at radius 2 is 1.89 bits per heavy atom. The molecule has 4 heteroatoms. The molecule has 1 aromatic rings. The predicted molar refractivity (Wildman–Crippen MR) is 68.1 cm³/mol. The summed E-state index contributed by atoms with van der Waals surface area (Å²) < 4.78 is 24.4. The number of rotatable bonds is 5. The van der Waals surface area contributed by atoms with Gasteiger partial charge in [-0.2, -0.15) is 0 Å². The lowest BCUT2D eigenvalue weighted by Gasteiger charge is -2.19. The standard InChI is InChI=1S/C14H19FO3/c1-9(16)6-10-7-11(14(2,3)15)8-12(17-4)13(10)18-5/h7-8H,6H2,1-5H3. The van der Waals surface area contributed by atoms with Gasteiger partial charge in [0.2, 0.25) is 0 Å². The van der Waals surface area contributed by atoms with E-state index in [1.807, 2.05) is 0 Å². The molecule has 100 valence electrons. The molecule has 0 unspecified atom stereocenters. The van der Waals surface area contributed by atoms with Crippen molar-refractivity contribution in [2.24, 2.45) is 0 Å². The highest BCUT2D eigenvalue weighted by Gasteiger charge is 2.23. The van der Waals surface area contributed by atoms with Gasteiger partial charge in [-0.05, 0) is 38.5 Å². The quantitative estimate of drug-likeness (QED) is 0.810. The zero-order valence-electron chi connectivity index (χ0n) is 11.5. The Labute approximate surface area is 107 Å². The van der Waals surface area contributed by atoms with Crippen LogP contribution in [0.4, 0.5) is 4.39 Å². The molecule has 0 saturated carbocycles. The molecule has 0 bridgehead atoms. The van der Waals surface area contributed by atoms with Gasteiger partial charge in [0.15, 0.2) is 11.5 Å². The lowest BCUT2D eigenvalue weighted by Crippen LogP contribution is -2.11. The molecule has 0 aliphatic heterocycles. The van der Waals surface area contributed by atoms with Crippen LogP contribution in [0.2, 0.25) is 0 Å². The number of alkyl halides is 1. The van der Waals surface area contributed by atoms with E-state index in [-0.39, 0.29) is 12.2 Å². The number of carbonyl (C=O) groups is 1. The zero-order valence-corrected chi connectivity index (χ0v) is 11.5. The number of halogens is 1. The maximum atomic E-state index is 14.0. The molecule has 0 radical (unpaired) electrons. The Bertz CT molecular complexity index is 447. The fourth-order valence-electron chi connectivity index (χ4n) is 1.79. The van der Waals surface area contributed by atoms with Crippen molar-refractivity contribution in [2.45, 2.75) is 32.9 Å². The maximum absolute atomic E-state index is 14.0. The first-order valence-corrected chi connectivity index (χ1v) is 5.73. The molecule has 0 fully saturated rings. The molecular formula is C14H19FO3. The summed E-state index contributed by atoms with van der Waals surface area (Å²) in [7, 11) is 2.99. The fourth-order valence-corrected chi connectivity index (χ4v) is 1.79. The van der Waals surface area contributed by atoms with Crippen LogP contribution in [0.5, 0.6) is 11.5 Å². The average Bonchev–Trinajstić information content (AvgIpc) is 2.25. The smallest absolute Gasteiger partial charge is 0.164 e. The molecule has 0 aliphatic carbocycles. The van der Waals surface area contributed by atoms with E-state index in [0.29, 0.717) is 22.6 Å². The van der Waals surface area contributed by atoms with E-state index in [1.165, 1.54) is 35.0 Å². The van der Waals surface area contributed by atoms with Gasteiger partial charge in [0, 0.05) is 12.0 Å². The summed E-state index contributed by atoms with van der Waals surface area (Å²) in [6.07, 6.45) is 0.198. The molecule has 18 heavy (non-hydrogen) atoms. The second-order valence-corrected chi connectivity index (χ2v) is 4.72. The van der Waals surface area contributed by atoms with Crippen molar-refractivity contribution in [3.63, 3.8) is 0 Å². The van der Waals surface area contributed by atoms with Crippen LogP contribution in [-0.2, 0) is 16.9 Å². The second-order valence-electron chi connectivity index (χ2n) is 4.72. The molecule has 0 N–H and O–H groups in total. The zero-order chi connectivity index (χ0) is 13.9. The van der Waals surface area contributed by atoms with Gasteiger partial charge in [0.05, 0.1) is 14.2 Å². The van der Waals surface area contributed by atoms with Crippen molar-refractivity contribution >= 4 is 5.78 Å². The van der Waals surface area contributed by atoms with E-state index >= 15 is 0 Å². The Hall–Kier alpha value is -1.58. The number of hydrogen-bond donors (Lipinski definition) is 0. The van der Waals surface area contributed by atoms with Gasteiger partial charge in [-0.15, -0.1) is 0 Å².